The third kappa shape index (κ3) is 2.56. The van der Waals surface area contributed by atoms with Crippen molar-refractivity contribution in [2.45, 2.75) is 17.2 Å². The Morgan fingerprint density at radius 2 is 2.35 bits per heavy atom. The Labute approximate surface area is 105 Å². The van der Waals surface area contributed by atoms with Crippen molar-refractivity contribution in [1.82, 2.24) is 9.29 Å². The van der Waals surface area contributed by atoms with E-state index in [9.17, 15) is 8.42 Å². The average molecular weight is 273 g/mol. The highest BCUT2D eigenvalue weighted by atomic mass is 32.2. The minimum Gasteiger partial charge on any atom is -0.396 e. The predicted molar refractivity (Wildman–Crippen MR) is 69.3 cm³/mol. The molecule has 0 aliphatic carbocycles. The van der Waals surface area contributed by atoms with Gasteiger partial charge in [-0.3, -0.25) is 0 Å². The third-order valence-electron chi connectivity index (χ3n) is 2.59. The summed E-state index contributed by atoms with van der Waals surface area (Å²) in [6.45, 7) is 3.06. The lowest BCUT2D eigenvalue weighted by atomic mass is 10.4. The van der Waals surface area contributed by atoms with E-state index in [1.165, 1.54) is 10.5 Å². The molecule has 0 radical (unpaired) electrons. The molecule has 1 aromatic heterocycles. The van der Waals surface area contributed by atoms with Gasteiger partial charge in [0.2, 0.25) is 0 Å². The molecule has 7 heteroatoms. The van der Waals surface area contributed by atoms with Crippen molar-refractivity contribution in [2.24, 2.45) is 0 Å². The Balaban J connectivity index is 2.33. The van der Waals surface area contributed by atoms with Crippen LogP contribution in [0.1, 0.15) is 6.92 Å². The van der Waals surface area contributed by atoms with Crippen molar-refractivity contribution < 1.29 is 8.42 Å². The summed E-state index contributed by atoms with van der Waals surface area (Å²) in [5, 5.41) is 0.280. The van der Waals surface area contributed by atoms with Crippen LogP contribution in [0.25, 0.3) is 0 Å². The lowest BCUT2D eigenvalue weighted by Crippen LogP contribution is -2.41. The smallest absolute Gasteiger partial charge is 0.262 e. The molecule has 94 valence electrons. The van der Waals surface area contributed by atoms with E-state index < -0.39 is 10.0 Å². The van der Waals surface area contributed by atoms with E-state index in [0.29, 0.717) is 18.3 Å². The fourth-order valence-corrected chi connectivity index (χ4v) is 4.53. The first kappa shape index (κ1) is 12.7. The highest BCUT2D eigenvalue weighted by molar-refractivity contribution is 8.00. The van der Waals surface area contributed by atoms with Gasteiger partial charge in [0, 0.05) is 30.3 Å². The van der Waals surface area contributed by atoms with Crippen LogP contribution in [-0.2, 0) is 10.0 Å². The minimum absolute atomic E-state index is 0.0286. The van der Waals surface area contributed by atoms with Crippen LogP contribution in [0, 0.1) is 0 Å². The topological polar surface area (TPSA) is 76.3 Å². The van der Waals surface area contributed by atoms with Crippen LogP contribution in [0.2, 0.25) is 0 Å². The van der Waals surface area contributed by atoms with Crippen LogP contribution in [0.3, 0.4) is 0 Å². The molecule has 1 aromatic rings. The lowest BCUT2D eigenvalue weighted by Gasteiger charge is -2.29. The maximum atomic E-state index is 12.3. The fraction of sp³-hybridized carbons (Fsp3) is 0.500. The van der Waals surface area contributed by atoms with E-state index in [-0.39, 0.29) is 10.7 Å². The van der Waals surface area contributed by atoms with Gasteiger partial charge in [-0.1, -0.05) is 6.92 Å². The molecule has 0 amide bonds. The molecular weight excluding hydrogens is 258 g/mol. The molecule has 1 unspecified atom stereocenters. The summed E-state index contributed by atoms with van der Waals surface area (Å²) in [6, 6.07) is 3.19. The molecule has 0 bridgehead atoms. The van der Waals surface area contributed by atoms with Gasteiger partial charge in [0.05, 0.1) is 5.69 Å². The maximum absolute atomic E-state index is 12.3. The molecule has 1 atom stereocenters. The number of hydrogen-bond donors (Lipinski definition) is 1. The van der Waals surface area contributed by atoms with Crippen molar-refractivity contribution in [3.05, 3.63) is 18.3 Å². The highest BCUT2D eigenvalue weighted by Crippen LogP contribution is 2.25. The van der Waals surface area contributed by atoms with Crippen molar-refractivity contribution in [3.8, 4) is 0 Å². The van der Waals surface area contributed by atoms with Crippen molar-refractivity contribution in [2.75, 3.05) is 24.6 Å². The zero-order valence-corrected chi connectivity index (χ0v) is 11.2. The largest absolute Gasteiger partial charge is 0.396 e. The Hall–Kier alpha value is -0.790. The summed E-state index contributed by atoms with van der Waals surface area (Å²) < 4.78 is 26.1. The number of hydrogen-bond acceptors (Lipinski definition) is 5. The Morgan fingerprint density at radius 1 is 1.59 bits per heavy atom. The molecule has 2 N–H and O–H groups in total. The number of nitrogens with two attached hydrogens (primary N) is 1. The molecule has 2 heterocycles. The van der Waals surface area contributed by atoms with E-state index in [1.54, 1.807) is 23.9 Å². The molecule has 17 heavy (non-hydrogen) atoms. The van der Waals surface area contributed by atoms with Gasteiger partial charge < -0.3 is 5.73 Å². The molecular formula is C10H15N3O2S2. The van der Waals surface area contributed by atoms with Crippen LogP contribution in [0.4, 0.5) is 5.69 Å². The highest BCUT2D eigenvalue weighted by Gasteiger charge is 2.31. The molecule has 1 aliphatic heterocycles. The van der Waals surface area contributed by atoms with Gasteiger partial charge >= 0.3 is 0 Å². The molecule has 0 saturated carbocycles. The number of anilines is 1. The number of thioether (sulfide) groups is 1. The number of rotatable bonds is 2. The van der Waals surface area contributed by atoms with E-state index in [1.807, 2.05) is 6.92 Å². The van der Waals surface area contributed by atoms with Gasteiger partial charge in [-0.15, -0.1) is 0 Å². The number of sulfonamides is 1. The summed E-state index contributed by atoms with van der Waals surface area (Å²) in [6.07, 6.45) is 1.45. The summed E-state index contributed by atoms with van der Waals surface area (Å²) in [7, 11) is -3.54. The van der Waals surface area contributed by atoms with E-state index in [2.05, 4.69) is 4.98 Å². The molecule has 5 nitrogen and oxygen atoms in total. The monoisotopic (exact) mass is 273 g/mol. The van der Waals surface area contributed by atoms with Crippen LogP contribution in [0.5, 0.6) is 0 Å². The molecule has 2 rings (SSSR count). The first-order chi connectivity index (χ1) is 8.01. The molecule has 1 fully saturated rings. The molecule has 0 aromatic carbocycles. The van der Waals surface area contributed by atoms with Gasteiger partial charge in [-0.25, -0.2) is 13.4 Å². The molecule has 1 aliphatic rings. The second-order valence-electron chi connectivity index (χ2n) is 3.94. The lowest BCUT2D eigenvalue weighted by molar-refractivity contribution is 0.422. The van der Waals surface area contributed by atoms with Gasteiger partial charge in [-0.2, -0.15) is 16.1 Å². The van der Waals surface area contributed by atoms with Crippen molar-refractivity contribution in [3.63, 3.8) is 0 Å². The Morgan fingerprint density at radius 3 is 3.00 bits per heavy atom. The Bertz CT molecular complexity index is 504. The number of nitrogen functional groups attached to an aromatic ring is 1. The quantitative estimate of drug-likeness (QED) is 0.862. The second-order valence-corrected chi connectivity index (χ2v) is 7.34. The number of nitrogens with zero attached hydrogens (tertiary/aromatic N) is 2. The first-order valence-electron chi connectivity index (χ1n) is 5.34. The van der Waals surface area contributed by atoms with Gasteiger partial charge in [-0.05, 0) is 12.1 Å². The van der Waals surface area contributed by atoms with Crippen LogP contribution >= 0.6 is 11.8 Å². The second kappa shape index (κ2) is 4.83. The molecule has 0 spiro atoms. The fourth-order valence-electron chi connectivity index (χ4n) is 1.75. The van der Waals surface area contributed by atoms with Crippen molar-refractivity contribution >= 4 is 27.5 Å². The molecule has 1 saturated heterocycles. The van der Waals surface area contributed by atoms with Gasteiger partial charge in [0.25, 0.3) is 10.0 Å². The normalized spacial score (nSPS) is 22.5. The standard InChI is InChI=1S/C10H15N3O2S2/c1-8-7-13(5-6-16-8)17(14,15)10-9(11)3-2-4-12-10/h2-4,8H,5-7,11H2,1H3. The SMILES string of the molecule is CC1CN(S(=O)(=O)c2ncccc2N)CCS1. The summed E-state index contributed by atoms with van der Waals surface area (Å²) in [5.41, 5.74) is 5.88. The average Bonchev–Trinajstić information content (AvgIpc) is 2.29. The maximum Gasteiger partial charge on any atom is 0.262 e. The predicted octanol–water partition coefficient (Wildman–Crippen LogP) is 0.790. The summed E-state index contributed by atoms with van der Waals surface area (Å²) in [4.78, 5) is 3.89. The van der Waals surface area contributed by atoms with Crippen LogP contribution in [0.15, 0.2) is 23.4 Å². The zero-order chi connectivity index (χ0) is 12.5. The van der Waals surface area contributed by atoms with E-state index in [4.69, 9.17) is 5.73 Å². The van der Waals surface area contributed by atoms with Crippen LogP contribution < -0.4 is 5.73 Å². The van der Waals surface area contributed by atoms with Crippen molar-refractivity contribution in [1.29, 1.82) is 0 Å². The summed E-state index contributed by atoms with van der Waals surface area (Å²) >= 11 is 1.78. The van der Waals surface area contributed by atoms with E-state index >= 15 is 0 Å². The van der Waals surface area contributed by atoms with E-state index in [0.717, 1.165) is 5.75 Å². The summed E-state index contributed by atoms with van der Waals surface area (Å²) in [5.74, 6) is 0.813. The number of pyridine rings is 1. The Kier molecular flexibility index (Phi) is 3.60. The number of aromatic nitrogens is 1. The zero-order valence-electron chi connectivity index (χ0n) is 9.54. The van der Waals surface area contributed by atoms with Gasteiger partial charge in [0.15, 0.2) is 5.03 Å². The van der Waals surface area contributed by atoms with Crippen LogP contribution in [-0.4, -0.2) is 41.8 Å². The van der Waals surface area contributed by atoms with Gasteiger partial charge in [0.1, 0.15) is 0 Å². The first-order valence-corrected chi connectivity index (χ1v) is 7.83. The minimum atomic E-state index is -3.54. The third-order valence-corrected chi connectivity index (χ3v) is 5.57.